The van der Waals surface area contributed by atoms with Crippen molar-refractivity contribution in [2.24, 2.45) is 0 Å². The summed E-state index contributed by atoms with van der Waals surface area (Å²) >= 11 is 0. The van der Waals surface area contributed by atoms with Gasteiger partial charge in [0.05, 0.1) is 13.2 Å². The molecule has 0 heterocycles. The largest absolute Gasteiger partial charge is 0.508 e. The van der Waals surface area contributed by atoms with Crippen LogP contribution in [-0.4, -0.2) is 57.0 Å². The molecule has 0 aromatic carbocycles. The van der Waals surface area contributed by atoms with E-state index in [1.54, 1.807) is 0 Å². The maximum absolute atomic E-state index is 12.2. The predicted octanol–water partition coefficient (Wildman–Crippen LogP) is 8.84. The van der Waals surface area contributed by atoms with E-state index in [0.29, 0.717) is 19.6 Å². The molecule has 0 aromatic heterocycles. The molecule has 0 radical (unpaired) electrons. The molecule has 0 rings (SSSR count). The van der Waals surface area contributed by atoms with Crippen molar-refractivity contribution >= 4 is 12.1 Å². The molecule has 0 aliphatic rings. The van der Waals surface area contributed by atoms with E-state index in [1.165, 1.54) is 51.4 Å². The highest BCUT2D eigenvalue weighted by Gasteiger charge is 2.15. The topological polar surface area (TPSA) is 65.1 Å². The van der Waals surface area contributed by atoms with Crippen LogP contribution in [0.25, 0.3) is 0 Å². The van der Waals surface area contributed by atoms with Crippen LogP contribution in [0.1, 0.15) is 149 Å². The van der Waals surface area contributed by atoms with Gasteiger partial charge in [-0.05, 0) is 59.0 Å². The Kier molecular flexibility index (Phi) is 26.8. The van der Waals surface area contributed by atoms with Crippen molar-refractivity contribution in [2.45, 2.75) is 155 Å². The van der Waals surface area contributed by atoms with Crippen molar-refractivity contribution in [3.05, 3.63) is 0 Å². The molecule has 1 atom stereocenters. The zero-order chi connectivity index (χ0) is 27.4. The number of hydrogen-bond donors (Lipinski definition) is 0. The van der Waals surface area contributed by atoms with Crippen LogP contribution >= 0.6 is 0 Å². The minimum atomic E-state index is -0.507. The average molecular weight is 528 g/mol. The minimum Gasteiger partial charge on any atom is -0.466 e. The van der Waals surface area contributed by atoms with E-state index in [9.17, 15) is 9.59 Å². The normalized spacial score (nSPS) is 12.0. The summed E-state index contributed by atoms with van der Waals surface area (Å²) in [5.41, 5.74) is 0. The first-order valence-corrected chi connectivity index (χ1v) is 15.6. The van der Waals surface area contributed by atoms with E-state index < -0.39 is 6.16 Å². The summed E-state index contributed by atoms with van der Waals surface area (Å²) in [5.74, 6) is -0.0489. The second-order valence-electron chi connectivity index (χ2n) is 10.8. The van der Waals surface area contributed by atoms with E-state index in [2.05, 4.69) is 18.7 Å². The van der Waals surface area contributed by atoms with Gasteiger partial charge in [0, 0.05) is 13.0 Å². The fourth-order valence-corrected chi connectivity index (χ4v) is 4.43. The standard InChI is InChI=1S/C31H61NO5/c1-5-7-9-10-11-12-15-19-23-29(37-31(34)36-28-22-26-32(3)4)24-20-16-13-14-17-21-27-35-30(33)25-18-8-6-2/h29H,5-28H2,1-4H3/t29-/m1/s1. The molecule has 0 aromatic rings. The molecule has 0 N–H and O–H groups in total. The van der Waals surface area contributed by atoms with E-state index in [-0.39, 0.29) is 12.1 Å². The average Bonchev–Trinajstić information content (AvgIpc) is 2.87. The molecule has 0 saturated heterocycles. The van der Waals surface area contributed by atoms with Gasteiger partial charge in [-0.25, -0.2) is 4.79 Å². The van der Waals surface area contributed by atoms with Gasteiger partial charge in [-0.1, -0.05) is 97.3 Å². The number of carbonyl (C=O) groups excluding carboxylic acids is 2. The number of hydrogen-bond acceptors (Lipinski definition) is 6. The van der Waals surface area contributed by atoms with E-state index >= 15 is 0 Å². The second kappa shape index (κ2) is 27.7. The lowest BCUT2D eigenvalue weighted by molar-refractivity contribution is -0.143. The molecular weight excluding hydrogens is 466 g/mol. The highest BCUT2D eigenvalue weighted by molar-refractivity contribution is 5.69. The summed E-state index contributed by atoms with van der Waals surface area (Å²) in [7, 11) is 4.03. The van der Waals surface area contributed by atoms with E-state index in [0.717, 1.165) is 83.6 Å². The van der Waals surface area contributed by atoms with Crippen molar-refractivity contribution in [2.75, 3.05) is 33.9 Å². The molecule has 0 unspecified atom stereocenters. The Morgan fingerprint density at radius 3 is 1.65 bits per heavy atom. The Hall–Kier alpha value is -1.30. The minimum absolute atomic E-state index is 0.0337. The van der Waals surface area contributed by atoms with Gasteiger partial charge in [-0.15, -0.1) is 0 Å². The van der Waals surface area contributed by atoms with Crippen LogP contribution in [0.4, 0.5) is 4.79 Å². The highest BCUT2D eigenvalue weighted by atomic mass is 16.7. The van der Waals surface area contributed by atoms with Gasteiger partial charge >= 0.3 is 12.1 Å². The third-order valence-electron chi connectivity index (χ3n) is 6.78. The van der Waals surface area contributed by atoms with Crippen LogP contribution in [0, 0.1) is 0 Å². The Morgan fingerprint density at radius 1 is 0.595 bits per heavy atom. The Bertz CT molecular complexity index is 512. The molecule has 220 valence electrons. The van der Waals surface area contributed by atoms with Gasteiger partial charge in [0.1, 0.15) is 6.10 Å². The molecule has 0 saturated carbocycles. The van der Waals surface area contributed by atoms with Crippen LogP contribution in [0.15, 0.2) is 0 Å². The molecule has 6 nitrogen and oxygen atoms in total. The summed E-state index contributed by atoms with van der Waals surface area (Å²) < 4.78 is 16.3. The van der Waals surface area contributed by atoms with Gasteiger partial charge in [-0.3, -0.25) is 4.79 Å². The van der Waals surface area contributed by atoms with Gasteiger partial charge in [-0.2, -0.15) is 0 Å². The van der Waals surface area contributed by atoms with Gasteiger partial charge in [0.2, 0.25) is 0 Å². The molecule has 0 spiro atoms. The summed E-state index contributed by atoms with van der Waals surface area (Å²) in [5, 5.41) is 0. The molecule has 0 aliphatic carbocycles. The number of unbranched alkanes of at least 4 members (excludes halogenated alkanes) is 14. The monoisotopic (exact) mass is 527 g/mol. The third-order valence-corrected chi connectivity index (χ3v) is 6.78. The van der Waals surface area contributed by atoms with E-state index in [1.807, 2.05) is 14.1 Å². The molecule has 37 heavy (non-hydrogen) atoms. The summed E-state index contributed by atoms with van der Waals surface area (Å²) in [4.78, 5) is 25.9. The van der Waals surface area contributed by atoms with Crippen LogP contribution in [0.3, 0.4) is 0 Å². The molecule has 0 aliphatic heterocycles. The van der Waals surface area contributed by atoms with Crippen LogP contribution < -0.4 is 0 Å². The Morgan fingerprint density at radius 2 is 1.08 bits per heavy atom. The molecule has 0 bridgehead atoms. The Labute approximate surface area is 229 Å². The maximum Gasteiger partial charge on any atom is 0.508 e. The van der Waals surface area contributed by atoms with Crippen molar-refractivity contribution < 1.29 is 23.8 Å². The molecule has 0 amide bonds. The number of ether oxygens (including phenoxy) is 3. The van der Waals surface area contributed by atoms with Crippen LogP contribution in [0.2, 0.25) is 0 Å². The summed E-state index contributed by atoms with van der Waals surface area (Å²) in [6.45, 7) is 6.25. The summed E-state index contributed by atoms with van der Waals surface area (Å²) in [6, 6.07) is 0. The fraction of sp³-hybridized carbons (Fsp3) is 0.935. The lowest BCUT2D eigenvalue weighted by Crippen LogP contribution is -2.21. The third kappa shape index (κ3) is 27.5. The quantitative estimate of drug-likeness (QED) is 0.0785. The zero-order valence-electron chi connectivity index (χ0n) is 25.0. The van der Waals surface area contributed by atoms with Crippen LogP contribution in [0.5, 0.6) is 0 Å². The molecule has 0 fully saturated rings. The van der Waals surface area contributed by atoms with Crippen molar-refractivity contribution in [3.8, 4) is 0 Å². The number of nitrogens with zero attached hydrogens (tertiary/aromatic N) is 1. The fourth-order valence-electron chi connectivity index (χ4n) is 4.43. The Balaban J connectivity index is 4.02. The number of rotatable bonds is 27. The molecular formula is C31H61NO5. The first-order chi connectivity index (χ1) is 18.0. The van der Waals surface area contributed by atoms with Crippen molar-refractivity contribution in [1.82, 2.24) is 4.90 Å². The highest BCUT2D eigenvalue weighted by Crippen LogP contribution is 2.18. The predicted molar refractivity (Wildman–Crippen MR) is 154 cm³/mol. The first kappa shape index (κ1) is 35.7. The van der Waals surface area contributed by atoms with Crippen molar-refractivity contribution in [3.63, 3.8) is 0 Å². The smallest absolute Gasteiger partial charge is 0.466 e. The van der Waals surface area contributed by atoms with Crippen LogP contribution in [-0.2, 0) is 19.0 Å². The number of esters is 1. The van der Waals surface area contributed by atoms with Crippen molar-refractivity contribution in [1.29, 1.82) is 0 Å². The second-order valence-corrected chi connectivity index (χ2v) is 10.8. The number of carbonyl (C=O) groups is 2. The first-order valence-electron chi connectivity index (χ1n) is 15.6. The van der Waals surface area contributed by atoms with Gasteiger partial charge in [0.15, 0.2) is 0 Å². The zero-order valence-corrected chi connectivity index (χ0v) is 25.0. The van der Waals surface area contributed by atoms with E-state index in [4.69, 9.17) is 14.2 Å². The maximum atomic E-state index is 12.2. The van der Waals surface area contributed by atoms with Gasteiger partial charge in [0.25, 0.3) is 0 Å². The van der Waals surface area contributed by atoms with Gasteiger partial charge < -0.3 is 19.1 Å². The molecule has 6 heteroatoms. The summed E-state index contributed by atoms with van der Waals surface area (Å²) in [6.07, 6.45) is 22.7. The lowest BCUT2D eigenvalue weighted by atomic mass is 10.0. The lowest BCUT2D eigenvalue weighted by Gasteiger charge is -2.18. The SMILES string of the molecule is CCCCCCCCCC[C@H](CCCCCCCCOC(=O)CCCCC)OC(=O)OCCCN(C)C.